The van der Waals surface area contributed by atoms with Gasteiger partial charge in [-0.05, 0) is 43.2 Å². The molecule has 0 aliphatic carbocycles. The molecule has 0 aliphatic heterocycles. The fraction of sp³-hybridized carbons (Fsp3) is 0.235. The summed E-state index contributed by atoms with van der Waals surface area (Å²) in [6.45, 7) is 3.87. The molecule has 0 saturated heterocycles. The van der Waals surface area contributed by atoms with Crippen LogP contribution in [0.2, 0.25) is 5.02 Å². The highest BCUT2D eigenvalue weighted by atomic mass is 35.5. The van der Waals surface area contributed by atoms with Crippen LogP contribution in [0, 0.1) is 13.8 Å². The summed E-state index contributed by atoms with van der Waals surface area (Å²) in [4.78, 5) is 11.4. The van der Waals surface area contributed by atoms with Gasteiger partial charge in [0.05, 0.1) is 0 Å². The Balaban J connectivity index is 2.13. The lowest BCUT2D eigenvalue weighted by Gasteiger charge is -2.16. The minimum atomic E-state index is -0.993. The van der Waals surface area contributed by atoms with Gasteiger partial charge in [0, 0.05) is 11.4 Å². The van der Waals surface area contributed by atoms with Crippen LogP contribution in [0.1, 0.15) is 16.7 Å². The highest BCUT2D eigenvalue weighted by Gasteiger charge is 2.20. The summed E-state index contributed by atoms with van der Waals surface area (Å²) < 4.78 is 5.56. The molecule has 0 aliphatic rings. The Morgan fingerprint density at radius 2 is 1.86 bits per heavy atom. The van der Waals surface area contributed by atoms with Gasteiger partial charge in [-0.15, -0.1) is 0 Å². The number of aliphatic carboxylic acids is 1. The Morgan fingerprint density at radius 1 is 1.19 bits per heavy atom. The van der Waals surface area contributed by atoms with E-state index in [1.165, 1.54) is 0 Å². The summed E-state index contributed by atoms with van der Waals surface area (Å²) >= 11 is 6.07. The van der Waals surface area contributed by atoms with E-state index >= 15 is 0 Å². The van der Waals surface area contributed by atoms with Crippen LogP contribution in [0.5, 0.6) is 5.75 Å². The van der Waals surface area contributed by atoms with Gasteiger partial charge in [0.25, 0.3) is 0 Å². The van der Waals surface area contributed by atoms with Crippen LogP contribution in [0.3, 0.4) is 0 Å². The largest absolute Gasteiger partial charge is 0.478 e. The second-order valence-electron chi connectivity index (χ2n) is 5.05. The molecule has 4 heteroatoms. The van der Waals surface area contributed by atoms with Gasteiger partial charge in [-0.1, -0.05) is 41.4 Å². The van der Waals surface area contributed by atoms with Crippen molar-refractivity contribution in [1.82, 2.24) is 0 Å². The van der Waals surface area contributed by atoms with E-state index in [2.05, 4.69) is 0 Å². The Morgan fingerprint density at radius 3 is 2.43 bits per heavy atom. The van der Waals surface area contributed by atoms with Crippen LogP contribution in [-0.2, 0) is 11.2 Å². The Bertz CT molecular complexity index is 635. The van der Waals surface area contributed by atoms with Gasteiger partial charge in [0.2, 0.25) is 0 Å². The molecule has 1 unspecified atom stereocenters. The quantitative estimate of drug-likeness (QED) is 0.907. The normalized spacial score (nSPS) is 12.0. The average molecular weight is 305 g/mol. The molecule has 0 heterocycles. The predicted octanol–water partition coefficient (Wildman–Crippen LogP) is 4.03. The van der Waals surface area contributed by atoms with Crippen molar-refractivity contribution >= 4 is 17.6 Å². The molecule has 0 spiro atoms. The van der Waals surface area contributed by atoms with Gasteiger partial charge in [-0.3, -0.25) is 0 Å². The fourth-order valence-electron chi connectivity index (χ4n) is 1.94. The maximum Gasteiger partial charge on any atom is 0.345 e. The highest BCUT2D eigenvalue weighted by molar-refractivity contribution is 6.31. The lowest BCUT2D eigenvalue weighted by atomic mass is 10.1. The first-order chi connectivity index (χ1) is 9.95. The number of benzene rings is 2. The third-order valence-corrected chi connectivity index (χ3v) is 3.64. The maximum absolute atomic E-state index is 11.4. The molecule has 0 amide bonds. The lowest BCUT2D eigenvalue weighted by molar-refractivity contribution is -0.145. The van der Waals surface area contributed by atoms with E-state index in [1.807, 2.05) is 38.1 Å². The van der Waals surface area contributed by atoms with Crippen molar-refractivity contribution in [2.24, 2.45) is 0 Å². The van der Waals surface area contributed by atoms with Gasteiger partial charge in [-0.2, -0.15) is 0 Å². The van der Waals surface area contributed by atoms with Crippen LogP contribution in [0.15, 0.2) is 42.5 Å². The molecule has 0 aromatic heterocycles. The number of hydrogen-bond donors (Lipinski definition) is 1. The molecule has 2 aromatic rings. The molecule has 3 nitrogen and oxygen atoms in total. The Hall–Kier alpha value is -2.00. The van der Waals surface area contributed by atoms with Crippen LogP contribution >= 0.6 is 11.6 Å². The summed E-state index contributed by atoms with van der Waals surface area (Å²) in [5.74, 6) is -0.446. The van der Waals surface area contributed by atoms with Gasteiger partial charge < -0.3 is 9.84 Å². The maximum atomic E-state index is 11.4. The zero-order valence-corrected chi connectivity index (χ0v) is 12.7. The number of carboxylic acids is 1. The van der Waals surface area contributed by atoms with Crippen molar-refractivity contribution < 1.29 is 14.6 Å². The summed E-state index contributed by atoms with van der Waals surface area (Å²) in [5, 5.41) is 9.95. The zero-order valence-electron chi connectivity index (χ0n) is 12.0. The number of aryl methyl sites for hydroxylation is 2. The van der Waals surface area contributed by atoms with E-state index in [9.17, 15) is 9.90 Å². The van der Waals surface area contributed by atoms with Gasteiger partial charge >= 0.3 is 5.97 Å². The van der Waals surface area contributed by atoms with E-state index < -0.39 is 12.1 Å². The van der Waals surface area contributed by atoms with E-state index in [-0.39, 0.29) is 6.42 Å². The molecular formula is C17H17ClO3. The van der Waals surface area contributed by atoms with Gasteiger partial charge in [0.1, 0.15) is 5.75 Å². The molecule has 2 aromatic carbocycles. The average Bonchev–Trinajstić information content (AvgIpc) is 2.44. The number of rotatable bonds is 5. The number of ether oxygens (including phenoxy) is 1. The minimum absolute atomic E-state index is 0.267. The molecular weight excluding hydrogens is 288 g/mol. The van der Waals surface area contributed by atoms with E-state index in [0.29, 0.717) is 10.8 Å². The van der Waals surface area contributed by atoms with Crippen LogP contribution in [0.4, 0.5) is 0 Å². The number of halogens is 1. The van der Waals surface area contributed by atoms with Crippen molar-refractivity contribution in [2.45, 2.75) is 26.4 Å². The second kappa shape index (κ2) is 6.64. The number of carboxylic acid groups (broad SMARTS) is 1. The van der Waals surface area contributed by atoms with E-state index in [0.717, 1.165) is 16.7 Å². The highest BCUT2D eigenvalue weighted by Crippen LogP contribution is 2.20. The van der Waals surface area contributed by atoms with Crippen molar-refractivity contribution in [3.63, 3.8) is 0 Å². The SMILES string of the molecule is Cc1ccc(OC(Cc2ccc(C)c(Cl)c2)C(=O)O)cc1. The molecule has 110 valence electrons. The number of hydrogen-bond acceptors (Lipinski definition) is 2. The van der Waals surface area contributed by atoms with Gasteiger partial charge in [-0.25, -0.2) is 4.79 Å². The monoisotopic (exact) mass is 304 g/mol. The lowest BCUT2D eigenvalue weighted by Crippen LogP contribution is -2.29. The first-order valence-corrected chi connectivity index (χ1v) is 7.04. The molecule has 0 fully saturated rings. The second-order valence-corrected chi connectivity index (χ2v) is 5.45. The Kier molecular flexibility index (Phi) is 4.86. The zero-order chi connectivity index (χ0) is 15.4. The molecule has 0 radical (unpaired) electrons. The first kappa shape index (κ1) is 15.4. The van der Waals surface area contributed by atoms with Crippen LogP contribution < -0.4 is 4.74 Å². The molecule has 0 saturated carbocycles. The van der Waals surface area contributed by atoms with Gasteiger partial charge in [0.15, 0.2) is 6.10 Å². The third kappa shape index (κ3) is 4.23. The molecule has 1 atom stereocenters. The summed E-state index contributed by atoms with van der Waals surface area (Å²) in [6, 6.07) is 12.8. The predicted molar refractivity (Wildman–Crippen MR) is 83.1 cm³/mol. The summed E-state index contributed by atoms with van der Waals surface area (Å²) in [6.07, 6.45) is -0.671. The van der Waals surface area contributed by atoms with Crippen molar-refractivity contribution in [1.29, 1.82) is 0 Å². The topological polar surface area (TPSA) is 46.5 Å². The van der Waals surface area contributed by atoms with E-state index in [4.69, 9.17) is 16.3 Å². The number of carbonyl (C=O) groups is 1. The first-order valence-electron chi connectivity index (χ1n) is 6.67. The molecule has 21 heavy (non-hydrogen) atoms. The van der Waals surface area contributed by atoms with Crippen LogP contribution in [0.25, 0.3) is 0 Å². The third-order valence-electron chi connectivity index (χ3n) is 3.23. The fourth-order valence-corrected chi connectivity index (χ4v) is 2.14. The van der Waals surface area contributed by atoms with Crippen molar-refractivity contribution in [2.75, 3.05) is 0 Å². The molecule has 0 bridgehead atoms. The van der Waals surface area contributed by atoms with E-state index in [1.54, 1.807) is 18.2 Å². The minimum Gasteiger partial charge on any atom is -0.478 e. The molecule has 2 rings (SSSR count). The smallest absolute Gasteiger partial charge is 0.345 e. The van der Waals surface area contributed by atoms with Crippen molar-refractivity contribution in [3.05, 3.63) is 64.2 Å². The molecule has 1 N–H and O–H groups in total. The van der Waals surface area contributed by atoms with Crippen molar-refractivity contribution in [3.8, 4) is 5.75 Å². The summed E-state index contributed by atoms with van der Waals surface area (Å²) in [7, 11) is 0. The Labute approximate surface area is 129 Å². The van der Waals surface area contributed by atoms with Crippen LogP contribution in [-0.4, -0.2) is 17.2 Å². The summed E-state index contributed by atoms with van der Waals surface area (Å²) in [5.41, 5.74) is 2.90. The standard InChI is InChI=1S/C17H17ClO3/c1-11-3-7-14(8-4-11)21-16(17(19)20)10-13-6-5-12(2)15(18)9-13/h3-9,16H,10H2,1-2H3,(H,19,20).